The average Bonchev–Trinajstić information content (AvgIpc) is 3.30. The highest BCUT2D eigenvalue weighted by Crippen LogP contribution is 2.47. The van der Waals surface area contributed by atoms with Crippen molar-refractivity contribution in [1.82, 2.24) is 9.55 Å². The molecule has 0 spiro atoms. The van der Waals surface area contributed by atoms with E-state index < -0.39 is 23.7 Å². The molecule has 28 heavy (non-hydrogen) atoms. The van der Waals surface area contributed by atoms with E-state index in [1.165, 1.54) is 6.07 Å². The van der Waals surface area contributed by atoms with Gasteiger partial charge in [-0.05, 0) is 44.9 Å². The molecule has 1 aromatic carbocycles. The van der Waals surface area contributed by atoms with Crippen LogP contribution in [0.4, 0.5) is 19.1 Å². The van der Waals surface area contributed by atoms with Gasteiger partial charge in [0.05, 0.1) is 11.0 Å². The lowest BCUT2D eigenvalue weighted by Crippen LogP contribution is -2.28. The lowest BCUT2D eigenvalue weighted by atomic mass is 9.83. The molecule has 3 rings (SSSR count). The highest BCUT2D eigenvalue weighted by Gasteiger charge is 2.39. The average molecular weight is 397 g/mol. The summed E-state index contributed by atoms with van der Waals surface area (Å²) in [6, 6.07) is 2.23. The third kappa shape index (κ3) is 4.25. The molecule has 1 aliphatic rings. The van der Waals surface area contributed by atoms with E-state index >= 15 is 0 Å². The number of imidazole rings is 1. The van der Waals surface area contributed by atoms with Gasteiger partial charge < -0.3 is 9.30 Å². The van der Waals surface area contributed by atoms with Crippen LogP contribution in [-0.4, -0.2) is 22.1 Å². The second kappa shape index (κ2) is 6.97. The summed E-state index contributed by atoms with van der Waals surface area (Å²) in [7, 11) is 0. The first-order valence-electron chi connectivity index (χ1n) is 9.35. The van der Waals surface area contributed by atoms with E-state index in [1.807, 2.05) is 20.8 Å². The number of halogens is 3. The van der Waals surface area contributed by atoms with Crippen molar-refractivity contribution in [3.63, 3.8) is 0 Å². The van der Waals surface area contributed by atoms with Gasteiger partial charge >= 0.3 is 6.61 Å². The third-order valence-corrected chi connectivity index (χ3v) is 5.14. The van der Waals surface area contributed by atoms with Crippen molar-refractivity contribution in [3.05, 3.63) is 17.9 Å². The Bertz CT molecular complexity index is 896. The number of carbonyl (C=O) groups excluding carboxylic acids is 1. The third-order valence-electron chi connectivity index (χ3n) is 5.14. The summed E-state index contributed by atoms with van der Waals surface area (Å²) in [4.78, 5) is 17.0. The number of carbonyl (C=O) groups is 1. The zero-order valence-corrected chi connectivity index (χ0v) is 16.8. The van der Waals surface area contributed by atoms with Gasteiger partial charge in [0.15, 0.2) is 11.6 Å². The number of benzene rings is 1. The lowest BCUT2D eigenvalue weighted by molar-refractivity contribution is -0.118. The summed E-state index contributed by atoms with van der Waals surface area (Å²) in [5.74, 6) is -0.863. The number of alkyl halides is 2. The summed E-state index contributed by atoms with van der Waals surface area (Å²) in [6.07, 6.45) is 2.61. The Balaban J connectivity index is 1.98. The van der Waals surface area contributed by atoms with Crippen molar-refractivity contribution >= 4 is 22.9 Å². The molecule has 0 bridgehead atoms. The Morgan fingerprint density at radius 3 is 2.46 bits per heavy atom. The van der Waals surface area contributed by atoms with E-state index in [2.05, 4.69) is 28.9 Å². The number of aromatic nitrogens is 2. The molecule has 0 aliphatic heterocycles. The largest absolute Gasteiger partial charge is 0.432 e. The summed E-state index contributed by atoms with van der Waals surface area (Å²) in [5, 5.41) is 2.83. The quantitative estimate of drug-likeness (QED) is 0.720. The number of rotatable bonds is 6. The first kappa shape index (κ1) is 20.5. The standard InChI is InChI=1S/C20H26F3N3O2/c1-19(2,3)26-14-9-15(28-17(22)23)12(21)8-13(14)24-18(26)25-16(27)10-20(4,5)11-6-7-11/h8-9,11,17H,6-7,10H2,1-5H3,(H,24,25,27). The fourth-order valence-corrected chi connectivity index (χ4v) is 3.62. The van der Waals surface area contributed by atoms with Gasteiger partial charge in [-0.1, -0.05) is 13.8 Å². The summed E-state index contributed by atoms with van der Waals surface area (Å²) in [5.41, 5.74) is 0.0168. The molecule has 1 aliphatic carbocycles. The minimum absolute atomic E-state index is 0.104. The minimum atomic E-state index is -3.14. The van der Waals surface area contributed by atoms with Crippen molar-refractivity contribution in [2.75, 3.05) is 5.32 Å². The Morgan fingerprint density at radius 2 is 1.93 bits per heavy atom. The van der Waals surface area contributed by atoms with Gasteiger partial charge in [-0.3, -0.25) is 10.1 Å². The number of nitrogens with one attached hydrogen (secondary N) is 1. The van der Waals surface area contributed by atoms with Crippen molar-refractivity contribution in [3.8, 4) is 5.75 Å². The minimum Gasteiger partial charge on any atom is -0.432 e. The maximum Gasteiger partial charge on any atom is 0.387 e. The van der Waals surface area contributed by atoms with Gasteiger partial charge in [-0.15, -0.1) is 0 Å². The van der Waals surface area contributed by atoms with Crippen LogP contribution in [-0.2, 0) is 10.3 Å². The molecule has 1 heterocycles. The first-order valence-corrected chi connectivity index (χ1v) is 9.35. The number of nitrogens with zero attached hydrogens (tertiary/aromatic N) is 2. The lowest BCUT2D eigenvalue weighted by Gasteiger charge is -2.26. The number of anilines is 1. The zero-order chi connectivity index (χ0) is 20.9. The van der Waals surface area contributed by atoms with Crippen LogP contribution in [0.3, 0.4) is 0 Å². The number of fused-ring (bicyclic) bond motifs is 1. The molecule has 1 aromatic heterocycles. The summed E-state index contributed by atoms with van der Waals surface area (Å²) >= 11 is 0. The van der Waals surface area contributed by atoms with E-state index in [0.29, 0.717) is 17.9 Å². The highest BCUT2D eigenvalue weighted by molar-refractivity contribution is 5.92. The van der Waals surface area contributed by atoms with Crippen LogP contribution < -0.4 is 10.1 Å². The van der Waals surface area contributed by atoms with Crippen molar-refractivity contribution < 1.29 is 22.7 Å². The van der Waals surface area contributed by atoms with E-state index in [9.17, 15) is 18.0 Å². The van der Waals surface area contributed by atoms with Gasteiger partial charge in [0.2, 0.25) is 11.9 Å². The van der Waals surface area contributed by atoms with Crippen LogP contribution in [0.5, 0.6) is 5.75 Å². The second-order valence-electron chi connectivity index (χ2n) is 9.08. The molecule has 1 N–H and O–H groups in total. The molecular formula is C20H26F3N3O2. The molecule has 1 fully saturated rings. The molecule has 0 unspecified atom stereocenters. The van der Waals surface area contributed by atoms with E-state index in [0.717, 1.165) is 18.9 Å². The molecular weight excluding hydrogens is 371 g/mol. The molecule has 2 aromatic rings. The van der Waals surface area contributed by atoms with Crippen molar-refractivity contribution in [1.29, 1.82) is 0 Å². The second-order valence-corrected chi connectivity index (χ2v) is 9.08. The van der Waals surface area contributed by atoms with Crippen molar-refractivity contribution in [2.45, 2.75) is 66.0 Å². The SMILES string of the molecule is CC(C)(CC(=O)Nc1nc2cc(F)c(OC(F)F)cc2n1C(C)(C)C)C1CC1. The molecule has 0 atom stereocenters. The predicted molar refractivity (Wildman–Crippen MR) is 101 cm³/mol. The van der Waals surface area contributed by atoms with Crippen LogP contribution in [0.2, 0.25) is 0 Å². The summed E-state index contributed by atoms with van der Waals surface area (Å²) < 4.78 is 45.2. The topological polar surface area (TPSA) is 56.1 Å². The number of ether oxygens (including phenoxy) is 1. The molecule has 5 nitrogen and oxygen atoms in total. The molecule has 0 saturated heterocycles. The first-order chi connectivity index (χ1) is 12.9. The molecule has 0 radical (unpaired) electrons. The van der Waals surface area contributed by atoms with E-state index in [1.54, 1.807) is 4.57 Å². The Labute approximate surface area is 162 Å². The van der Waals surface area contributed by atoms with Crippen LogP contribution in [0.1, 0.15) is 53.9 Å². The number of amides is 1. The Hall–Kier alpha value is -2.25. The van der Waals surface area contributed by atoms with Gasteiger partial charge in [-0.2, -0.15) is 8.78 Å². The Kier molecular flexibility index (Phi) is 5.10. The maximum atomic E-state index is 14.1. The predicted octanol–water partition coefficient (Wildman–Crippen LogP) is 5.30. The normalized spacial score (nSPS) is 15.3. The smallest absolute Gasteiger partial charge is 0.387 e. The van der Waals surface area contributed by atoms with Gasteiger partial charge in [-0.25, -0.2) is 9.37 Å². The molecule has 8 heteroatoms. The molecule has 1 saturated carbocycles. The van der Waals surface area contributed by atoms with Crippen molar-refractivity contribution in [2.24, 2.45) is 11.3 Å². The highest BCUT2D eigenvalue weighted by atomic mass is 19.3. The van der Waals surface area contributed by atoms with Crippen LogP contribution >= 0.6 is 0 Å². The summed E-state index contributed by atoms with van der Waals surface area (Å²) in [6.45, 7) is 6.65. The molecule has 154 valence electrons. The fourth-order valence-electron chi connectivity index (χ4n) is 3.62. The number of hydrogen-bond acceptors (Lipinski definition) is 3. The van der Waals surface area contributed by atoms with E-state index in [4.69, 9.17) is 0 Å². The zero-order valence-electron chi connectivity index (χ0n) is 16.8. The molecule has 1 amide bonds. The van der Waals surface area contributed by atoms with Crippen LogP contribution in [0.15, 0.2) is 12.1 Å². The maximum absolute atomic E-state index is 14.1. The number of hydrogen-bond donors (Lipinski definition) is 1. The Morgan fingerprint density at radius 1 is 1.29 bits per heavy atom. The van der Waals surface area contributed by atoms with Gasteiger partial charge in [0, 0.05) is 24.1 Å². The van der Waals surface area contributed by atoms with Crippen LogP contribution in [0, 0.1) is 17.2 Å². The van der Waals surface area contributed by atoms with Crippen LogP contribution in [0.25, 0.3) is 11.0 Å². The van der Waals surface area contributed by atoms with Gasteiger partial charge in [0.1, 0.15) is 0 Å². The fraction of sp³-hybridized carbons (Fsp3) is 0.600. The van der Waals surface area contributed by atoms with Gasteiger partial charge in [0.25, 0.3) is 0 Å². The van der Waals surface area contributed by atoms with E-state index in [-0.39, 0.29) is 22.8 Å². The monoisotopic (exact) mass is 397 g/mol.